The topological polar surface area (TPSA) is 212 Å². The van der Waals surface area contributed by atoms with Gasteiger partial charge in [-0.15, -0.1) is 0 Å². The molecule has 24 heteroatoms. The Bertz CT molecular complexity index is 3710. The van der Waals surface area contributed by atoms with E-state index in [1.54, 1.807) is 6.92 Å². The van der Waals surface area contributed by atoms with E-state index in [9.17, 15) is 24.0 Å². The van der Waals surface area contributed by atoms with Gasteiger partial charge in [0, 0.05) is 185 Å². The van der Waals surface area contributed by atoms with Crippen molar-refractivity contribution in [3.8, 4) is 0 Å². The van der Waals surface area contributed by atoms with Crippen molar-refractivity contribution in [1.82, 2.24) is 54.3 Å². The molecule has 8 fully saturated rings. The van der Waals surface area contributed by atoms with Crippen molar-refractivity contribution in [2.75, 3.05) is 105 Å². The number of anilines is 2. The molecule has 133 heavy (non-hydrogen) atoms. The number of nitrogens with zero attached hydrogens (tertiary/aromatic N) is 13. The molecule has 0 radical (unpaired) electrons. The summed E-state index contributed by atoms with van der Waals surface area (Å²) >= 11 is 0. The molecule has 9 rings (SSSR count). The van der Waals surface area contributed by atoms with Gasteiger partial charge >= 0.3 is 23.9 Å². The van der Waals surface area contributed by atoms with E-state index < -0.39 is 0 Å². The summed E-state index contributed by atoms with van der Waals surface area (Å²) < 4.78 is 28.8. The normalized spacial score (nSPS) is 24.5. The predicted molar refractivity (Wildman–Crippen MR) is 547 cm³/mol. The van der Waals surface area contributed by atoms with E-state index in [1.807, 2.05) is 6.92 Å². The van der Waals surface area contributed by atoms with Gasteiger partial charge in [0.05, 0.1) is 19.8 Å². The standard InChI is InChI=1S/C37H70N2O5.C35H66N8O.C23H42N2O3.C14H25NO2/c1-11-12-13-14-19-22-25-42-39-36(6,7)28-31(29-37(39,8)9)44-33(41)24-21-18-16-15-17-20-23-32(40)43-30-26-34(2,3)38(10)35(4,5)27-30;1-27-36-30(42-19-21-44-22-20-42)38-31(37-27)43(29-25-34(6,7)41(12)35(8,9)26-29)18-16-14-13-15-17-39(10)28-23-32(2,3)40(11)33(4,5)24-28;1-20(2)12-16(13-21(3,4)24(20)9)18(26)11-19(27)28-17-14-22(5,6)25(10)23(7,8)15-17;1-10(2)12(16)17-11-8-13(3,4)15(7)14(5,6)9-11/h30-31H,11-29H2,1-10H3;28-29H,13-26H2,1-12H3;16-17H,11-15H2,1-10H3;11H,1,8-9H2,2-7H3. The number of hydrogen-bond acceptors (Lipinski definition) is 24. The summed E-state index contributed by atoms with van der Waals surface area (Å²) in [4.78, 5) is 105. The van der Waals surface area contributed by atoms with E-state index in [1.165, 1.54) is 70.8 Å². The molecule has 0 N–H and O–H groups in total. The first kappa shape index (κ1) is 117. The number of unbranched alkanes of at least 4 members (excludes halogenated alkanes) is 13. The van der Waals surface area contributed by atoms with Gasteiger partial charge in [-0.05, 0) is 334 Å². The highest BCUT2D eigenvalue weighted by molar-refractivity contribution is 5.97. The molecule has 1 aromatic heterocycles. The van der Waals surface area contributed by atoms with E-state index in [-0.39, 0.29) is 144 Å². The maximum Gasteiger partial charge on any atom is 0.333 e. The number of aromatic nitrogens is 3. The largest absolute Gasteiger partial charge is 0.462 e. The summed E-state index contributed by atoms with van der Waals surface area (Å²) in [5.41, 5.74) is 0.665. The van der Waals surface area contributed by atoms with Crippen molar-refractivity contribution >= 4 is 41.6 Å². The van der Waals surface area contributed by atoms with E-state index in [2.05, 4.69) is 306 Å². The lowest BCUT2D eigenvalue weighted by Gasteiger charge is -2.55. The van der Waals surface area contributed by atoms with Gasteiger partial charge in [0.15, 0.2) is 0 Å². The number of ketones is 1. The molecule has 8 aliphatic rings. The molecule has 8 aliphatic heterocycles. The van der Waals surface area contributed by atoms with Gasteiger partial charge in [-0.1, -0.05) is 84.1 Å². The molecule has 0 atom stereocenters. The lowest BCUT2D eigenvalue weighted by molar-refractivity contribution is -0.293. The minimum Gasteiger partial charge on any atom is -0.462 e. The Labute approximate surface area is 813 Å². The zero-order chi connectivity index (χ0) is 101. The first-order valence-electron chi connectivity index (χ1n) is 52.3. The van der Waals surface area contributed by atoms with Crippen LogP contribution in [-0.2, 0) is 52.5 Å². The maximum atomic E-state index is 12.9. The fourth-order valence-electron chi connectivity index (χ4n) is 24.1. The second-order valence-corrected chi connectivity index (χ2v) is 51.1. The fourth-order valence-corrected chi connectivity index (χ4v) is 24.1. The first-order valence-corrected chi connectivity index (χ1v) is 52.3. The number of piperidine rings is 7. The summed E-state index contributed by atoms with van der Waals surface area (Å²) in [5.74, 6) is 1.64. The molecule has 24 nitrogen and oxygen atoms in total. The molecule has 0 spiro atoms. The Morgan fingerprint density at radius 1 is 0.383 bits per heavy atom. The number of Topliss-reactive ketones (excluding diaryl/α,β-unsaturated/α-hetero) is 1. The Balaban J connectivity index is 0.000000287. The number of carbonyl (C=O) groups is 5. The van der Waals surface area contributed by atoms with Crippen LogP contribution >= 0.6 is 0 Å². The Kier molecular flexibility index (Phi) is 42.2. The Morgan fingerprint density at radius 2 is 0.699 bits per heavy atom. The van der Waals surface area contributed by atoms with Gasteiger partial charge in [-0.3, -0.25) is 53.4 Å². The highest BCUT2D eigenvalue weighted by Crippen LogP contribution is 2.47. The van der Waals surface area contributed by atoms with Gasteiger partial charge in [0.1, 0.15) is 42.4 Å². The van der Waals surface area contributed by atoms with Gasteiger partial charge in [-0.2, -0.15) is 20.0 Å². The van der Waals surface area contributed by atoms with Crippen LogP contribution in [-0.4, -0.2) is 293 Å². The van der Waals surface area contributed by atoms with Crippen molar-refractivity contribution < 1.29 is 52.5 Å². The number of esters is 4. The quantitative estimate of drug-likeness (QED) is 0.0201. The van der Waals surface area contributed by atoms with Crippen molar-refractivity contribution in [1.29, 1.82) is 0 Å². The maximum absolute atomic E-state index is 12.9. The predicted octanol–water partition coefficient (Wildman–Crippen LogP) is 21.6. The summed E-state index contributed by atoms with van der Waals surface area (Å²) in [5, 5.41) is 2.17. The molecule has 0 saturated carbocycles. The average Bonchev–Trinajstić information content (AvgIpc) is 0.768. The van der Waals surface area contributed by atoms with E-state index >= 15 is 0 Å². The highest BCUT2D eigenvalue weighted by Gasteiger charge is 2.53. The molecular weight excluding hydrogens is 1670 g/mol. The van der Waals surface area contributed by atoms with Crippen LogP contribution in [0.1, 0.15) is 425 Å². The van der Waals surface area contributed by atoms with Gasteiger partial charge in [0.2, 0.25) is 11.9 Å². The Morgan fingerprint density at radius 3 is 1.08 bits per heavy atom. The summed E-state index contributed by atoms with van der Waals surface area (Å²) in [6.45, 7) is 78.7. The van der Waals surface area contributed by atoms with Crippen LogP contribution in [0, 0.1) is 12.8 Å². The van der Waals surface area contributed by atoms with Crippen LogP contribution in [0.15, 0.2) is 12.2 Å². The Hall–Kier alpha value is -4.50. The van der Waals surface area contributed by atoms with Crippen molar-refractivity contribution in [2.24, 2.45) is 5.92 Å². The van der Waals surface area contributed by atoms with Crippen LogP contribution in [0.3, 0.4) is 0 Å². The van der Waals surface area contributed by atoms with Crippen LogP contribution in [0.4, 0.5) is 11.9 Å². The van der Waals surface area contributed by atoms with Gasteiger partial charge < -0.3 is 38.4 Å². The molecule has 8 saturated heterocycles. The third kappa shape index (κ3) is 34.1. The van der Waals surface area contributed by atoms with E-state index in [0.717, 1.165) is 186 Å². The highest BCUT2D eigenvalue weighted by atomic mass is 16.7. The van der Waals surface area contributed by atoms with E-state index in [4.69, 9.17) is 43.5 Å². The second kappa shape index (κ2) is 47.8. The van der Waals surface area contributed by atoms with Crippen molar-refractivity contribution in [3.63, 3.8) is 0 Å². The smallest absolute Gasteiger partial charge is 0.333 e. The van der Waals surface area contributed by atoms with Crippen LogP contribution in [0.5, 0.6) is 0 Å². The number of morpholine rings is 1. The molecule has 770 valence electrons. The van der Waals surface area contributed by atoms with Gasteiger partial charge in [-0.25, -0.2) is 4.79 Å². The zero-order valence-corrected chi connectivity index (χ0v) is 92.8. The summed E-state index contributed by atoms with van der Waals surface area (Å²) in [6, 6.07) is 1.04. The number of hydroxylamine groups is 2. The minimum absolute atomic E-state index is 0.00335. The number of carbonyl (C=O) groups excluding carboxylic acids is 5. The number of likely N-dealkylation sites (tertiary alicyclic amines) is 6. The molecule has 1 aromatic rings. The average molecular weight is 1870 g/mol. The third-order valence-electron chi connectivity index (χ3n) is 33.3. The molecular formula is C109H203N13O11. The monoisotopic (exact) mass is 1870 g/mol. The van der Waals surface area contributed by atoms with Crippen LogP contribution in [0.2, 0.25) is 0 Å². The molecule has 0 aliphatic carbocycles. The fraction of sp³-hybridized carbons (Fsp3) is 0.908. The third-order valence-corrected chi connectivity index (χ3v) is 33.3. The summed E-state index contributed by atoms with van der Waals surface area (Å²) in [6.07, 6.45) is 31.9. The van der Waals surface area contributed by atoms with Crippen LogP contribution < -0.4 is 9.80 Å². The number of rotatable bonds is 36. The lowest BCUT2D eigenvalue weighted by atomic mass is 9.72. The van der Waals surface area contributed by atoms with E-state index in [0.29, 0.717) is 30.5 Å². The first-order chi connectivity index (χ1) is 61.0. The molecule has 0 bridgehead atoms. The van der Waals surface area contributed by atoms with Crippen LogP contribution in [0.25, 0.3) is 0 Å². The van der Waals surface area contributed by atoms with Crippen molar-refractivity contribution in [3.05, 3.63) is 18.0 Å². The SMILES string of the molecule is C=C(C)C(=O)OC1CC(C)(C)N(C)C(C)(C)C1.CCCCCCCCON1C(C)(C)CC(OC(=O)CCCCCCCCC(=O)OC2CC(C)(C)N(C)C(C)(C)C2)CC1(C)C.CN1C(C)(C)CC(OC(=O)CC(=O)C2CC(C)(C)N(C)C(C)(C)C2)CC1(C)C.Cc1nc(N2CCOCC2)nc(N(CCCCCCN(C)C2CC(C)(C)N(C)C(C)(C)C2)C2CC(C)(C)N(C)C(C)(C)C2)n1. The number of aryl methyl sites for hydroxylation is 1. The zero-order valence-electron chi connectivity index (χ0n) is 92.8. The molecule has 9 heterocycles. The van der Waals surface area contributed by atoms with Crippen molar-refractivity contribution in [2.45, 2.75) is 541 Å². The second-order valence-electron chi connectivity index (χ2n) is 51.1. The molecule has 0 amide bonds. The minimum atomic E-state index is -0.360. The molecule has 0 aromatic carbocycles. The summed E-state index contributed by atoms with van der Waals surface area (Å²) in [7, 11) is 15.5. The molecule has 0 unspecified atom stereocenters. The number of ether oxygens (including phenoxy) is 5. The number of hydrogen-bond donors (Lipinski definition) is 0. The lowest BCUT2D eigenvalue weighted by Crippen LogP contribution is -2.63. The van der Waals surface area contributed by atoms with Gasteiger partial charge in [0.25, 0.3) is 0 Å².